The first-order chi connectivity index (χ1) is 3.88. The fourth-order valence-electron chi connectivity index (χ4n) is 2.10. The van der Waals surface area contributed by atoms with Gasteiger partial charge >= 0.3 is 0 Å². The first-order valence-corrected chi connectivity index (χ1v) is 3.56. The molecule has 0 nitrogen and oxygen atoms in total. The highest BCUT2D eigenvalue weighted by Gasteiger charge is 2.33. The molecule has 0 spiro atoms. The number of fused-ring (bicyclic) bond motifs is 1. The van der Waals surface area contributed by atoms with Gasteiger partial charge in [-0.05, 0) is 31.6 Å². The van der Waals surface area contributed by atoms with Gasteiger partial charge in [0.15, 0.2) is 0 Å². The van der Waals surface area contributed by atoms with Crippen molar-refractivity contribution in [3.05, 3.63) is 11.6 Å². The average Bonchev–Trinajstić information content (AvgIpc) is 2.09. The molecule has 0 radical (unpaired) electrons. The molecule has 0 saturated heterocycles. The summed E-state index contributed by atoms with van der Waals surface area (Å²) in [5.41, 5.74) is 1.66. The summed E-state index contributed by atoms with van der Waals surface area (Å²) < 4.78 is 0. The minimum Gasteiger partial charge on any atom is -0.0816 e. The van der Waals surface area contributed by atoms with Crippen LogP contribution in [0.15, 0.2) is 11.6 Å². The molecule has 1 fully saturated rings. The summed E-state index contributed by atoms with van der Waals surface area (Å²) in [5.74, 6) is 2.03. The number of rotatable bonds is 0. The molecule has 0 amide bonds. The Bertz CT molecular complexity index is 133. The molecule has 2 atom stereocenters. The quantitative estimate of drug-likeness (QED) is 0.418. The van der Waals surface area contributed by atoms with Crippen molar-refractivity contribution in [2.45, 2.75) is 26.2 Å². The van der Waals surface area contributed by atoms with E-state index >= 15 is 0 Å². The van der Waals surface area contributed by atoms with Crippen LogP contribution in [0.5, 0.6) is 0 Å². The molecule has 2 unspecified atom stereocenters. The Labute approximate surface area is 50.6 Å². The first-order valence-electron chi connectivity index (χ1n) is 3.56. The molecular weight excluding hydrogens is 96.1 g/mol. The summed E-state index contributed by atoms with van der Waals surface area (Å²) in [7, 11) is 0. The van der Waals surface area contributed by atoms with Crippen molar-refractivity contribution in [3.63, 3.8) is 0 Å². The normalized spacial score (nSPS) is 42.9. The van der Waals surface area contributed by atoms with E-state index in [1.165, 1.54) is 19.3 Å². The zero-order chi connectivity index (χ0) is 5.56. The summed E-state index contributed by atoms with van der Waals surface area (Å²) >= 11 is 0. The number of allylic oxidation sites excluding steroid dienone is 2. The molecule has 2 rings (SSSR count). The molecule has 0 aliphatic heterocycles. The van der Waals surface area contributed by atoms with Crippen LogP contribution in [0.1, 0.15) is 26.2 Å². The fraction of sp³-hybridized carbons (Fsp3) is 0.750. The van der Waals surface area contributed by atoms with E-state index in [4.69, 9.17) is 0 Å². The monoisotopic (exact) mass is 108 g/mol. The Morgan fingerprint density at radius 3 is 2.88 bits per heavy atom. The van der Waals surface area contributed by atoms with Crippen LogP contribution in [0.2, 0.25) is 0 Å². The van der Waals surface area contributed by atoms with Crippen LogP contribution in [0.25, 0.3) is 0 Å². The fourth-order valence-corrected chi connectivity index (χ4v) is 2.10. The average molecular weight is 108 g/mol. The van der Waals surface area contributed by atoms with E-state index in [0.717, 1.165) is 11.8 Å². The molecule has 0 aromatic rings. The minimum atomic E-state index is 1.01. The highest BCUT2D eigenvalue weighted by atomic mass is 14.4. The van der Waals surface area contributed by atoms with E-state index in [2.05, 4.69) is 13.0 Å². The van der Waals surface area contributed by atoms with Gasteiger partial charge in [-0.1, -0.05) is 18.1 Å². The van der Waals surface area contributed by atoms with Crippen LogP contribution in [-0.4, -0.2) is 0 Å². The molecular formula is C8H12. The van der Waals surface area contributed by atoms with E-state index in [1.54, 1.807) is 5.57 Å². The molecule has 0 aromatic carbocycles. The second-order valence-electron chi connectivity index (χ2n) is 3.11. The van der Waals surface area contributed by atoms with Crippen LogP contribution in [0, 0.1) is 11.8 Å². The van der Waals surface area contributed by atoms with Crippen molar-refractivity contribution >= 4 is 0 Å². The van der Waals surface area contributed by atoms with E-state index < -0.39 is 0 Å². The van der Waals surface area contributed by atoms with Gasteiger partial charge in [0.1, 0.15) is 0 Å². The zero-order valence-corrected chi connectivity index (χ0v) is 5.35. The van der Waals surface area contributed by atoms with Gasteiger partial charge in [0.2, 0.25) is 0 Å². The van der Waals surface area contributed by atoms with Crippen molar-refractivity contribution in [2.75, 3.05) is 0 Å². The Kier molecular flexibility index (Phi) is 0.787. The van der Waals surface area contributed by atoms with Crippen molar-refractivity contribution in [1.82, 2.24) is 0 Å². The molecule has 2 aliphatic rings. The molecule has 2 aliphatic carbocycles. The van der Waals surface area contributed by atoms with Crippen LogP contribution in [0.3, 0.4) is 0 Å². The lowest BCUT2D eigenvalue weighted by Crippen LogP contribution is -2.16. The zero-order valence-electron chi connectivity index (χ0n) is 5.35. The maximum absolute atomic E-state index is 2.44. The Morgan fingerprint density at radius 2 is 2.38 bits per heavy atom. The van der Waals surface area contributed by atoms with Crippen LogP contribution >= 0.6 is 0 Å². The molecule has 44 valence electrons. The Hall–Kier alpha value is -0.260. The number of hydrogen-bond acceptors (Lipinski definition) is 0. The SMILES string of the molecule is CC1=CC2CCCC12. The van der Waals surface area contributed by atoms with E-state index in [1.807, 2.05) is 0 Å². The van der Waals surface area contributed by atoms with Gasteiger partial charge in [-0.3, -0.25) is 0 Å². The van der Waals surface area contributed by atoms with Crippen molar-refractivity contribution in [3.8, 4) is 0 Å². The number of hydrogen-bond donors (Lipinski definition) is 0. The predicted octanol–water partition coefficient (Wildman–Crippen LogP) is 2.36. The van der Waals surface area contributed by atoms with E-state index in [-0.39, 0.29) is 0 Å². The summed E-state index contributed by atoms with van der Waals surface area (Å²) in [6, 6.07) is 0. The summed E-state index contributed by atoms with van der Waals surface area (Å²) in [6.45, 7) is 2.27. The Balaban J connectivity index is 2.18. The lowest BCUT2D eigenvalue weighted by Gasteiger charge is -2.27. The molecule has 0 heteroatoms. The van der Waals surface area contributed by atoms with Gasteiger partial charge in [0, 0.05) is 0 Å². The highest BCUT2D eigenvalue weighted by Crippen LogP contribution is 2.45. The highest BCUT2D eigenvalue weighted by molar-refractivity contribution is 5.21. The lowest BCUT2D eigenvalue weighted by atomic mass is 9.78. The van der Waals surface area contributed by atoms with Crippen molar-refractivity contribution in [2.24, 2.45) is 11.8 Å². The second kappa shape index (κ2) is 1.37. The summed E-state index contributed by atoms with van der Waals surface area (Å²) in [5, 5.41) is 0. The minimum absolute atomic E-state index is 1.01. The van der Waals surface area contributed by atoms with E-state index in [0.29, 0.717) is 0 Å². The standard InChI is InChI=1S/C8H12/c1-6-5-7-3-2-4-8(6)7/h5,7-8H,2-4H2,1H3. The topological polar surface area (TPSA) is 0 Å². The van der Waals surface area contributed by atoms with Gasteiger partial charge in [0.25, 0.3) is 0 Å². The van der Waals surface area contributed by atoms with Crippen molar-refractivity contribution in [1.29, 1.82) is 0 Å². The van der Waals surface area contributed by atoms with Crippen LogP contribution < -0.4 is 0 Å². The molecule has 0 N–H and O–H groups in total. The second-order valence-corrected chi connectivity index (χ2v) is 3.11. The van der Waals surface area contributed by atoms with Gasteiger partial charge < -0.3 is 0 Å². The third-order valence-electron chi connectivity index (χ3n) is 2.63. The van der Waals surface area contributed by atoms with Crippen molar-refractivity contribution < 1.29 is 0 Å². The van der Waals surface area contributed by atoms with Gasteiger partial charge in [-0.2, -0.15) is 0 Å². The third-order valence-corrected chi connectivity index (χ3v) is 2.63. The predicted molar refractivity (Wildman–Crippen MR) is 34.6 cm³/mol. The van der Waals surface area contributed by atoms with Crippen LogP contribution in [0.4, 0.5) is 0 Å². The summed E-state index contributed by atoms with van der Waals surface area (Å²) in [6.07, 6.45) is 6.87. The van der Waals surface area contributed by atoms with Gasteiger partial charge in [-0.25, -0.2) is 0 Å². The maximum Gasteiger partial charge on any atom is -0.0143 e. The van der Waals surface area contributed by atoms with Gasteiger partial charge in [0.05, 0.1) is 0 Å². The van der Waals surface area contributed by atoms with Crippen LogP contribution in [-0.2, 0) is 0 Å². The molecule has 0 bridgehead atoms. The largest absolute Gasteiger partial charge is 0.0816 e. The van der Waals surface area contributed by atoms with E-state index in [9.17, 15) is 0 Å². The third kappa shape index (κ3) is 0.410. The lowest BCUT2D eigenvalue weighted by molar-refractivity contribution is 0.463. The Morgan fingerprint density at radius 1 is 1.50 bits per heavy atom. The molecule has 0 aromatic heterocycles. The molecule has 1 saturated carbocycles. The first kappa shape index (κ1) is 4.60. The molecule has 0 heterocycles. The molecule has 8 heavy (non-hydrogen) atoms. The van der Waals surface area contributed by atoms with Gasteiger partial charge in [-0.15, -0.1) is 0 Å². The maximum atomic E-state index is 2.44. The smallest absolute Gasteiger partial charge is 0.0143 e. The summed E-state index contributed by atoms with van der Waals surface area (Å²) in [4.78, 5) is 0.